The predicted molar refractivity (Wildman–Crippen MR) is 89.6 cm³/mol. The molecule has 1 fully saturated rings. The van der Waals surface area contributed by atoms with Crippen molar-refractivity contribution in [3.63, 3.8) is 0 Å². The fourth-order valence-electron chi connectivity index (χ4n) is 3.50. The van der Waals surface area contributed by atoms with Gasteiger partial charge < -0.3 is 4.90 Å². The van der Waals surface area contributed by atoms with E-state index in [-0.39, 0.29) is 17.8 Å². The van der Waals surface area contributed by atoms with Crippen molar-refractivity contribution in [3.8, 4) is 0 Å². The molecule has 0 saturated carbocycles. The van der Waals surface area contributed by atoms with Gasteiger partial charge in [-0.25, -0.2) is 9.07 Å². The van der Waals surface area contributed by atoms with Gasteiger partial charge in [0.15, 0.2) is 0 Å². The molecule has 0 radical (unpaired) electrons. The second-order valence-electron chi connectivity index (χ2n) is 6.52. The highest BCUT2D eigenvalue weighted by atomic mass is 19.1. The number of benzene rings is 1. The molecule has 130 valence electrons. The molecule has 1 aromatic carbocycles. The normalized spacial score (nSPS) is 18.0. The van der Waals surface area contributed by atoms with Crippen LogP contribution in [0.4, 0.5) is 4.39 Å². The topological polar surface area (TPSA) is 68.8 Å². The molecular weight excluding hydrogens is 323 g/mol. The van der Waals surface area contributed by atoms with E-state index in [1.807, 2.05) is 23.6 Å². The number of carbonyl (C=O) groups excluding carboxylic acids is 1. The summed E-state index contributed by atoms with van der Waals surface area (Å²) in [6.45, 7) is 3.11. The minimum Gasteiger partial charge on any atom is -0.336 e. The van der Waals surface area contributed by atoms with Gasteiger partial charge in [-0.15, -0.1) is 5.10 Å². The van der Waals surface area contributed by atoms with Gasteiger partial charge in [0.1, 0.15) is 11.3 Å². The number of nitrogens with zero attached hydrogens (tertiary/aromatic N) is 6. The molecule has 25 heavy (non-hydrogen) atoms. The molecule has 1 saturated heterocycles. The molecule has 2 aromatic heterocycles. The smallest absolute Gasteiger partial charge is 0.257 e. The number of carbonyl (C=O) groups is 1. The van der Waals surface area contributed by atoms with Gasteiger partial charge in [0, 0.05) is 32.4 Å². The van der Waals surface area contributed by atoms with Crippen molar-refractivity contribution in [2.75, 3.05) is 13.1 Å². The van der Waals surface area contributed by atoms with Crippen LogP contribution in [0.3, 0.4) is 0 Å². The molecule has 4 rings (SSSR count). The van der Waals surface area contributed by atoms with E-state index in [9.17, 15) is 9.18 Å². The highest BCUT2D eigenvalue weighted by molar-refractivity contribution is 5.95. The molecule has 0 unspecified atom stereocenters. The Labute approximate surface area is 144 Å². The SMILES string of the molecule is Cc1nn(C)cc1C(=O)N1CCC[C@H](n2nnc3cc(F)ccc32)C1. The van der Waals surface area contributed by atoms with Gasteiger partial charge in [-0.2, -0.15) is 5.10 Å². The Morgan fingerprint density at radius 2 is 2.20 bits per heavy atom. The van der Waals surface area contributed by atoms with Crippen LogP contribution in [0.2, 0.25) is 0 Å². The van der Waals surface area contributed by atoms with Crippen LogP contribution in [0, 0.1) is 12.7 Å². The van der Waals surface area contributed by atoms with E-state index in [2.05, 4.69) is 15.4 Å². The monoisotopic (exact) mass is 342 g/mol. The number of halogens is 1. The van der Waals surface area contributed by atoms with Gasteiger partial charge in [-0.1, -0.05) is 5.21 Å². The zero-order chi connectivity index (χ0) is 17.6. The molecule has 0 aliphatic carbocycles. The first-order chi connectivity index (χ1) is 12.0. The van der Waals surface area contributed by atoms with Gasteiger partial charge in [0.2, 0.25) is 0 Å². The third-order valence-corrected chi connectivity index (χ3v) is 4.71. The van der Waals surface area contributed by atoms with Gasteiger partial charge in [0.25, 0.3) is 5.91 Å². The fourth-order valence-corrected chi connectivity index (χ4v) is 3.50. The van der Waals surface area contributed by atoms with Gasteiger partial charge >= 0.3 is 0 Å². The second kappa shape index (κ2) is 5.94. The van der Waals surface area contributed by atoms with Crippen LogP contribution >= 0.6 is 0 Å². The van der Waals surface area contributed by atoms with Crippen molar-refractivity contribution in [3.05, 3.63) is 41.5 Å². The van der Waals surface area contributed by atoms with E-state index >= 15 is 0 Å². The summed E-state index contributed by atoms with van der Waals surface area (Å²) in [6, 6.07) is 4.51. The van der Waals surface area contributed by atoms with Crippen molar-refractivity contribution in [1.29, 1.82) is 0 Å². The Morgan fingerprint density at radius 3 is 2.96 bits per heavy atom. The standard InChI is InChI=1S/C17H19FN6O/c1-11-14(10-22(2)20-11)17(25)23-7-3-4-13(9-23)24-16-6-5-12(18)8-15(16)19-21-24/h5-6,8,10,13H,3-4,7,9H2,1-2H3/t13-/m0/s1. The molecule has 7 nitrogen and oxygen atoms in total. The molecule has 0 bridgehead atoms. The average molecular weight is 342 g/mol. The Balaban J connectivity index is 1.60. The summed E-state index contributed by atoms with van der Waals surface area (Å²) in [4.78, 5) is 14.7. The number of amides is 1. The van der Waals surface area contributed by atoms with Gasteiger partial charge in [0.05, 0.1) is 22.8 Å². The van der Waals surface area contributed by atoms with Crippen LogP contribution in [0.5, 0.6) is 0 Å². The van der Waals surface area contributed by atoms with Crippen LogP contribution in [-0.2, 0) is 7.05 Å². The first-order valence-electron chi connectivity index (χ1n) is 8.33. The number of hydrogen-bond donors (Lipinski definition) is 0. The summed E-state index contributed by atoms with van der Waals surface area (Å²) in [5.41, 5.74) is 2.69. The molecule has 8 heteroatoms. The molecule has 1 amide bonds. The average Bonchev–Trinajstić information content (AvgIpc) is 3.16. The summed E-state index contributed by atoms with van der Waals surface area (Å²) in [5, 5.41) is 12.5. The van der Waals surface area contributed by atoms with Crippen LogP contribution in [0.1, 0.15) is 34.9 Å². The van der Waals surface area contributed by atoms with Gasteiger partial charge in [-0.3, -0.25) is 9.48 Å². The minimum absolute atomic E-state index is 0.00855. The number of rotatable bonds is 2. The lowest BCUT2D eigenvalue weighted by atomic mass is 10.0. The Hall–Kier alpha value is -2.77. The first kappa shape index (κ1) is 15.7. The molecule has 1 aliphatic rings. The molecule has 1 aliphatic heterocycles. The predicted octanol–water partition coefficient (Wildman–Crippen LogP) is 2.09. The van der Waals surface area contributed by atoms with Crippen molar-refractivity contribution in [2.24, 2.45) is 7.05 Å². The molecule has 0 N–H and O–H groups in total. The Bertz CT molecular complexity index is 946. The second-order valence-corrected chi connectivity index (χ2v) is 6.52. The molecule has 3 heterocycles. The molecule has 1 atom stereocenters. The highest BCUT2D eigenvalue weighted by Crippen LogP contribution is 2.26. The fraction of sp³-hybridized carbons (Fsp3) is 0.412. The lowest BCUT2D eigenvalue weighted by Gasteiger charge is -2.32. The summed E-state index contributed by atoms with van der Waals surface area (Å²) in [5.74, 6) is -0.335. The Kier molecular flexibility index (Phi) is 3.74. The van der Waals surface area contributed by atoms with E-state index < -0.39 is 0 Å². The van der Waals surface area contributed by atoms with Gasteiger partial charge in [-0.05, 0) is 31.9 Å². The number of piperidine rings is 1. The van der Waals surface area contributed by atoms with Crippen LogP contribution in [0.25, 0.3) is 11.0 Å². The molecule has 3 aromatic rings. The lowest BCUT2D eigenvalue weighted by molar-refractivity contribution is 0.0673. The van der Waals surface area contributed by atoms with Crippen LogP contribution in [-0.4, -0.2) is 48.7 Å². The van der Waals surface area contributed by atoms with Crippen molar-refractivity contribution < 1.29 is 9.18 Å². The van der Waals surface area contributed by atoms with E-state index in [0.717, 1.165) is 24.1 Å². The quantitative estimate of drug-likeness (QED) is 0.715. The number of fused-ring (bicyclic) bond motifs is 1. The third kappa shape index (κ3) is 2.77. The van der Waals surface area contributed by atoms with E-state index in [1.165, 1.54) is 12.1 Å². The number of likely N-dealkylation sites (tertiary alicyclic amines) is 1. The Morgan fingerprint density at radius 1 is 1.36 bits per heavy atom. The molecular formula is C17H19FN6O. The van der Waals surface area contributed by atoms with E-state index in [1.54, 1.807) is 16.9 Å². The van der Waals surface area contributed by atoms with Crippen LogP contribution in [0.15, 0.2) is 24.4 Å². The summed E-state index contributed by atoms with van der Waals surface area (Å²) in [7, 11) is 1.81. The maximum atomic E-state index is 13.3. The zero-order valence-electron chi connectivity index (χ0n) is 14.2. The van der Waals surface area contributed by atoms with Crippen molar-refractivity contribution >= 4 is 16.9 Å². The summed E-state index contributed by atoms with van der Waals surface area (Å²) < 4.78 is 16.8. The van der Waals surface area contributed by atoms with Crippen LogP contribution < -0.4 is 0 Å². The number of aryl methyl sites for hydroxylation is 2. The number of aromatic nitrogens is 5. The summed E-state index contributed by atoms with van der Waals surface area (Å²) in [6.07, 6.45) is 3.55. The molecule has 0 spiro atoms. The maximum absolute atomic E-state index is 13.3. The number of hydrogen-bond acceptors (Lipinski definition) is 4. The summed E-state index contributed by atoms with van der Waals surface area (Å²) >= 11 is 0. The van der Waals surface area contributed by atoms with E-state index in [0.29, 0.717) is 24.2 Å². The largest absolute Gasteiger partial charge is 0.336 e. The van der Waals surface area contributed by atoms with Crippen molar-refractivity contribution in [1.82, 2.24) is 29.7 Å². The first-order valence-corrected chi connectivity index (χ1v) is 8.33. The highest BCUT2D eigenvalue weighted by Gasteiger charge is 2.28. The minimum atomic E-state index is -0.327. The maximum Gasteiger partial charge on any atom is 0.257 e. The third-order valence-electron chi connectivity index (χ3n) is 4.71. The lowest BCUT2D eigenvalue weighted by Crippen LogP contribution is -2.41. The van der Waals surface area contributed by atoms with Crippen molar-refractivity contribution in [2.45, 2.75) is 25.8 Å². The van der Waals surface area contributed by atoms with E-state index in [4.69, 9.17) is 0 Å². The zero-order valence-corrected chi connectivity index (χ0v) is 14.2.